The predicted molar refractivity (Wildman–Crippen MR) is 115 cm³/mol. The van der Waals surface area contributed by atoms with E-state index in [1.54, 1.807) is 0 Å². The summed E-state index contributed by atoms with van der Waals surface area (Å²) in [6.45, 7) is 5.64. The molecule has 29 heavy (non-hydrogen) atoms. The number of aliphatic imine (C=N–C) groups is 1. The van der Waals surface area contributed by atoms with E-state index < -0.39 is 0 Å². The van der Waals surface area contributed by atoms with Crippen LogP contribution in [0.5, 0.6) is 11.5 Å². The summed E-state index contributed by atoms with van der Waals surface area (Å²) in [5.41, 5.74) is 2.90. The Morgan fingerprint density at radius 3 is 1.93 bits per heavy atom. The molecular formula is C25H25NO3. The summed E-state index contributed by atoms with van der Waals surface area (Å²) >= 11 is 0. The van der Waals surface area contributed by atoms with Gasteiger partial charge in [0, 0.05) is 5.56 Å². The van der Waals surface area contributed by atoms with Crippen molar-refractivity contribution in [1.29, 1.82) is 0 Å². The number of ether oxygens (including phenoxy) is 3. The lowest BCUT2D eigenvalue weighted by atomic mass is 10.1. The molecule has 0 atom stereocenters. The van der Waals surface area contributed by atoms with Crippen molar-refractivity contribution >= 4 is 5.90 Å². The van der Waals surface area contributed by atoms with E-state index in [1.165, 1.54) is 0 Å². The highest BCUT2D eigenvalue weighted by Gasteiger charge is 2.27. The van der Waals surface area contributed by atoms with Crippen molar-refractivity contribution in [3.8, 4) is 11.5 Å². The zero-order valence-electron chi connectivity index (χ0n) is 16.8. The van der Waals surface area contributed by atoms with E-state index in [1.807, 2.05) is 78.9 Å². The third kappa shape index (κ3) is 4.96. The molecular weight excluding hydrogens is 362 g/mol. The molecule has 1 aliphatic heterocycles. The zero-order chi connectivity index (χ0) is 20.1. The lowest BCUT2D eigenvalue weighted by Gasteiger charge is -2.14. The SMILES string of the molecule is CC1(C)COC(c2ccc(OCc3ccccc3)c(OCc3ccccc3)c2)=N1. The van der Waals surface area contributed by atoms with Crippen molar-refractivity contribution in [1.82, 2.24) is 0 Å². The molecule has 0 radical (unpaired) electrons. The van der Waals surface area contributed by atoms with Crippen molar-refractivity contribution < 1.29 is 14.2 Å². The standard InChI is InChI=1S/C25H25NO3/c1-25(2)18-29-24(26-25)21-13-14-22(27-16-19-9-5-3-6-10-19)23(15-21)28-17-20-11-7-4-8-12-20/h3-15H,16-18H2,1-2H3. The van der Waals surface area contributed by atoms with Gasteiger partial charge in [0.25, 0.3) is 0 Å². The van der Waals surface area contributed by atoms with Crippen LogP contribution in [0.4, 0.5) is 0 Å². The van der Waals surface area contributed by atoms with Crippen LogP contribution in [0.2, 0.25) is 0 Å². The second-order valence-electron chi connectivity index (χ2n) is 7.73. The third-order valence-corrected chi connectivity index (χ3v) is 4.63. The van der Waals surface area contributed by atoms with E-state index in [9.17, 15) is 0 Å². The maximum Gasteiger partial charge on any atom is 0.216 e. The predicted octanol–water partition coefficient (Wildman–Crippen LogP) is 5.40. The summed E-state index contributed by atoms with van der Waals surface area (Å²) in [6, 6.07) is 26.0. The summed E-state index contributed by atoms with van der Waals surface area (Å²) in [5.74, 6) is 2.03. The molecule has 3 aromatic carbocycles. The van der Waals surface area contributed by atoms with E-state index in [4.69, 9.17) is 14.2 Å². The van der Waals surface area contributed by atoms with E-state index in [0.717, 1.165) is 16.7 Å². The van der Waals surface area contributed by atoms with Gasteiger partial charge in [-0.05, 0) is 43.2 Å². The average molecular weight is 387 g/mol. The number of rotatable bonds is 7. The summed E-state index contributed by atoms with van der Waals surface area (Å²) in [5, 5.41) is 0. The fraction of sp³-hybridized carbons (Fsp3) is 0.240. The van der Waals surface area contributed by atoms with Crippen LogP contribution >= 0.6 is 0 Å². The summed E-state index contributed by atoms with van der Waals surface area (Å²) in [4.78, 5) is 4.67. The van der Waals surface area contributed by atoms with Crippen molar-refractivity contribution in [2.45, 2.75) is 32.6 Å². The Balaban J connectivity index is 1.57. The van der Waals surface area contributed by atoms with Gasteiger partial charge in [0.15, 0.2) is 11.5 Å². The van der Waals surface area contributed by atoms with Crippen LogP contribution < -0.4 is 9.47 Å². The van der Waals surface area contributed by atoms with Gasteiger partial charge in [0.05, 0.1) is 5.54 Å². The molecule has 4 rings (SSSR count). The zero-order valence-corrected chi connectivity index (χ0v) is 16.8. The molecule has 3 aromatic rings. The molecule has 0 aliphatic carbocycles. The first-order valence-corrected chi connectivity index (χ1v) is 9.80. The normalized spacial score (nSPS) is 14.8. The van der Waals surface area contributed by atoms with Gasteiger partial charge in [-0.25, -0.2) is 4.99 Å². The molecule has 0 spiro atoms. The van der Waals surface area contributed by atoms with Crippen LogP contribution in [0.15, 0.2) is 83.9 Å². The lowest BCUT2D eigenvalue weighted by Crippen LogP contribution is -2.17. The first-order valence-electron chi connectivity index (χ1n) is 9.80. The lowest BCUT2D eigenvalue weighted by molar-refractivity contribution is 0.255. The monoisotopic (exact) mass is 387 g/mol. The average Bonchev–Trinajstić information content (AvgIpc) is 3.12. The minimum Gasteiger partial charge on any atom is -0.485 e. The smallest absolute Gasteiger partial charge is 0.216 e. The van der Waals surface area contributed by atoms with Gasteiger partial charge in [-0.1, -0.05) is 60.7 Å². The van der Waals surface area contributed by atoms with E-state index >= 15 is 0 Å². The fourth-order valence-corrected chi connectivity index (χ4v) is 3.08. The molecule has 1 aliphatic rings. The van der Waals surface area contributed by atoms with Crippen LogP contribution in [-0.2, 0) is 18.0 Å². The van der Waals surface area contributed by atoms with Gasteiger partial charge in [-0.2, -0.15) is 0 Å². The first-order chi connectivity index (χ1) is 14.1. The number of hydrogen-bond donors (Lipinski definition) is 0. The van der Waals surface area contributed by atoms with E-state index in [2.05, 4.69) is 18.8 Å². The highest BCUT2D eigenvalue weighted by atomic mass is 16.5. The Morgan fingerprint density at radius 1 is 0.793 bits per heavy atom. The Labute approximate surface area is 171 Å². The van der Waals surface area contributed by atoms with Gasteiger partial charge in [0.1, 0.15) is 19.8 Å². The molecule has 0 aromatic heterocycles. The highest BCUT2D eigenvalue weighted by Crippen LogP contribution is 2.32. The summed E-state index contributed by atoms with van der Waals surface area (Å²) in [6.07, 6.45) is 0. The van der Waals surface area contributed by atoms with Crippen LogP contribution in [-0.4, -0.2) is 18.0 Å². The Hall–Kier alpha value is -3.27. The highest BCUT2D eigenvalue weighted by molar-refractivity contribution is 5.96. The fourth-order valence-electron chi connectivity index (χ4n) is 3.08. The minimum absolute atomic E-state index is 0.205. The number of benzene rings is 3. The van der Waals surface area contributed by atoms with Gasteiger partial charge in [-0.15, -0.1) is 0 Å². The summed E-state index contributed by atoms with van der Waals surface area (Å²) < 4.78 is 18.0. The van der Waals surface area contributed by atoms with Crippen molar-refractivity contribution in [2.24, 2.45) is 4.99 Å². The largest absolute Gasteiger partial charge is 0.485 e. The maximum absolute atomic E-state index is 6.13. The molecule has 0 saturated carbocycles. The van der Waals surface area contributed by atoms with Gasteiger partial charge >= 0.3 is 0 Å². The molecule has 0 amide bonds. The maximum atomic E-state index is 6.13. The quantitative estimate of drug-likeness (QED) is 0.545. The second kappa shape index (κ2) is 8.39. The number of hydrogen-bond acceptors (Lipinski definition) is 4. The molecule has 1 heterocycles. The topological polar surface area (TPSA) is 40.0 Å². The van der Waals surface area contributed by atoms with Gasteiger partial charge < -0.3 is 14.2 Å². The molecule has 4 nitrogen and oxygen atoms in total. The number of nitrogens with zero attached hydrogens (tertiary/aromatic N) is 1. The van der Waals surface area contributed by atoms with Gasteiger partial charge in [0.2, 0.25) is 5.90 Å². The molecule has 0 bridgehead atoms. The molecule has 0 N–H and O–H groups in total. The van der Waals surface area contributed by atoms with Crippen LogP contribution in [0, 0.1) is 0 Å². The van der Waals surface area contributed by atoms with Crippen LogP contribution in [0.3, 0.4) is 0 Å². The van der Waals surface area contributed by atoms with Crippen molar-refractivity contribution in [3.63, 3.8) is 0 Å². The molecule has 0 fully saturated rings. The van der Waals surface area contributed by atoms with Gasteiger partial charge in [-0.3, -0.25) is 0 Å². The van der Waals surface area contributed by atoms with E-state index in [0.29, 0.717) is 37.2 Å². The third-order valence-electron chi connectivity index (χ3n) is 4.63. The minimum atomic E-state index is -0.205. The molecule has 4 heteroatoms. The Morgan fingerprint density at radius 2 is 1.38 bits per heavy atom. The first kappa shape index (κ1) is 19.1. The van der Waals surface area contributed by atoms with Crippen LogP contribution in [0.1, 0.15) is 30.5 Å². The molecule has 148 valence electrons. The van der Waals surface area contributed by atoms with Crippen molar-refractivity contribution in [3.05, 3.63) is 95.6 Å². The van der Waals surface area contributed by atoms with Crippen LogP contribution in [0.25, 0.3) is 0 Å². The Kier molecular flexibility index (Phi) is 5.52. The second-order valence-corrected chi connectivity index (χ2v) is 7.73. The molecule has 0 unspecified atom stereocenters. The van der Waals surface area contributed by atoms with Crippen molar-refractivity contribution in [2.75, 3.05) is 6.61 Å². The van der Waals surface area contributed by atoms with E-state index in [-0.39, 0.29) is 5.54 Å². The Bertz CT molecular complexity index is 981. The molecule has 0 saturated heterocycles. The summed E-state index contributed by atoms with van der Waals surface area (Å²) in [7, 11) is 0.